The Morgan fingerprint density at radius 2 is 1.80 bits per heavy atom. The van der Waals surface area contributed by atoms with E-state index in [9.17, 15) is 14.8 Å². The van der Waals surface area contributed by atoms with E-state index < -0.39 is 5.82 Å². The Kier molecular flexibility index (Phi) is 4.58. The van der Waals surface area contributed by atoms with Gasteiger partial charge in [0.2, 0.25) is 0 Å². The van der Waals surface area contributed by atoms with Crippen molar-refractivity contribution in [3.8, 4) is 11.8 Å². The summed E-state index contributed by atoms with van der Waals surface area (Å²) < 4.78 is 14.7. The third kappa shape index (κ3) is 3.09. The van der Waals surface area contributed by atoms with Crippen LogP contribution in [0.4, 0.5) is 4.39 Å². The van der Waals surface area contributed by atoms with Crippen molar-refractivity contribution in [1.29, 1.82) is 5.26 Å². The molecule has 0 spiro atoms. The van der Waals surface area contributed by atoms with Gasteiger partial charge in [-0.1, -0.05) is 18.2 Å². The molecule has 0 aliphatic heterocycles. The van der Waals surface area contributed by atoms with Crippen molar-refractivity contribution >= 4 is 43.5 Å². The zero-order valence-electron chi connectivity index (χ0n) is 10.1. The molecule has 0 bridgehead atoms. The summed E-state index contributed by atoms with van der Waals surface area (Å²) in [6.45, 7) is 0. The van der Waals surface area contributed by atoms with Crippen LogP contribution < -0.4 is 0 Å². The summed E-state index contributed by atoms with van der Waals surface area (Å²) >= 11 is 6.43. The van der Waals surface area contributed by atoms with E-state index in [0.717, 1.165) is 0 Å². The van der Waals surface area contributed by atoms with E-state index in [-0.39, 0.29) is 16.9 Å². The predicted molar refractivity (Wildman–Crippen MR) is 83.4 cm³/mol. The highest BCUT2D eigenvalue weighted by Crippen LogP contribution is 2.34. The molecule has 0 radical (unpaired) electrons. The number of allylic oxidation sites excluding steroid dienone is 1. The molecule has 0 saturated carbocycles. The molecule has 20 heavy (non-hydrogen) atoms. The molecular weight excluding hydrogens is 389 g/mol. The Morgan fingerprint density at radius 1 is 1.20 bits per heavy atom. The van der Waals surface area contributed by atoms with Gasteiger partial charge in [-0.2, -0.15) is 5.26 Å². The van der Waals surface area contributed by atoms with Gasteiger partial charge in [0.1, 0.15) is 11.6 Å². The largest absolute Gasteiger partial charge is 0.506 e. The molecule has 0 fully saturated rings. The average Bonchev–Trinajstić information content (AvgIpc) is 2.43. The lowest BCUT2D eigenvalue weighted by Gasteiger charge is -2.04. The van der Waals surface area contributed by atoms with Crippen molar-refractivity contribution in [2.24, 2.45) is 0 Å². The lowest BCUT2D eigenvalue weighted by molar-refractivity contribution is 0.468. The van der Waals surface area contributed by atoms with E-state index in [0.29, 0.717) is 14.5 Å². The molecule has 0 unspecified atom stereocenters. The summed E-state index contributed by atoms with van der Waals surface area (Å²) in [5.41, 5.74) is 1.13. The highest BCUT2D eigenvalue weighted by Gasteiger charge is 2.09. The van der Waals surface area contributed by atoms with E-state index in [1.165, 1.54) is 6.07 Å². The molecule has 0 amide bonds. The van der Waals surface area contributed by atoms with Crippen LogP contribution in [0.3, 0.4) is 0 Å². The fraction of sp³-hybridized carbons (Fsp3) is 0. The van der Waals surface area contributed by atoms with E-state index in [1.807, 2.05) is 6.07 Å². The van der Waals surface area contributed by atoms with Crippen molar-refractivity contribution in [3.05, 3.63) is 62.3 Å². The number of halogens is 3. The number of hydrogen-bond donors (Lipinski definition) is 1. The van der Waals surface area contributed by atoms with Gasteiger partial charge in [-0.05, 0) is 61.7 Å². The third-order valence-electron chi connectivity index (χ3n) is 2.63. The van der Waals surface area contributed by atoms with Crippen LogP contribution >= 0.6 is 31.9 Å². The summed E-state index contributed by atoms with van der Waals surface area (Å²) in [5, 5.41) is 18.8. The standard InChI is InChI=1S/C15H8Br2FNO/c16-12-6-9(7-13(17)15(12)20)5-10(8-19)11-3-1-2-4-14(11)18/h1-7,20H. The van der Waals surface area contributed by atoms with Crippen molar-refractivity contribution in [2.45, 2.75) is 0 Å². The first-order chi connectivity index (χ1) is 9.52. The highest BCUT2D eigenvalue weighted by atomic mass is 79.9. The predicted octanol–water partition coefficient (Wildman–Crippen LogP) is 5.12. The summed E-state index contributed by atoms with van der Waals surface area (Å²) in [5.74, 6) is -0.372. The van der Waals surface area contributed by atoms with Crippen LogP contribution in [0.5, 0.6) is 5.75 Å². The number of phenolic OH excluding ortho intramolecular Hbond substituents is 1. The number of benzene rings is 2. The normalized spacial score (nSPS) is 11.2. The summed E-state index contributed by atoms with van der Waals surface area (Å²) in [6, 6.07) is 11.4. The van der Waals surface area contributed by atoms with Crippen LogP contribution in [0.15, 0.2) is 45.3 Å². The number of nitrogens with zero attached hydrogens (tertiary/aromatic N) is 1. The van der Waals surface area contributed by atoms with Gasteiger partial charge in [0.05, 0.1) is 20.6 Å². The van der Waals surface area contributed by atoms with Crippen molar-refractivity contribution in [3.63, 3.8) is 0 Å². The van der Waals surface area contributed by atoms with Crippen LogP contribution in [-0.2, 0) is 0 Å². The van der Waals surface area contributed by atoms with Gasteiger partial charge in [0.25, 0.3) is 0 Å². The molecule has 2 nitrogen and oxygen atoms in total. The molecule has 0 heterocycles. The minimum atomic E-state index is -0.447. The summed E-state index contributed by atoms with van der Waals surface area (Å²) in [7, 11) is 0. The zero-order valence-corrected chi connectivity index (χ0v) is 13.2. The van der Waals surface area contributed by atoms with Crippen LogP contribution in [0.2, 0.25) is 0 Å². The SMILES string of the molecule is N#CC(=Cc1cc(Br)c(O)c(Br)c1)c1ccccc1F. The minimum absolute atomic E-state index is 0.0755. The second-order valence-electron chi connectivity index (χ2n) is 3.98. The molecule has 0 aromatic heterocycles. The van der Waals surface area contributed by atoms with Gasteiger partial charge in [0.15, 0.2) is 0 Å². The maximum absolute atomic E-state index is 13.7. The minimum Gasteiger partial charge on any atom is -0.506 e. The lowest BCUT2D eigenvalue weighted by atomic mass is 10.0. The van der Waals surface area contributed by atoms with Gasteiger partial charge >= 0.3 is 0 Å². The lowest BCUT2D eigenvalue weighted by Crippen LogP contribution is -1.87. The van der Waals surface area contributed by atoms with Crippen LogP contribution in [-0.4, -0.2) is 5.11 Å². The summed E-state index contributed by atoms with van der Waals surface area (Å²) in [4.78, 5) is 0. The molecular formula is C15H8Br2FNO. The van der Waals surface area contributed by atoms with E-state index in [2.05, 4.69) is 31.9 Å². The maximum atomic E-state index is 13.7. The molecule has 0 aliphatic carbocycles. The van der Waals surface area contributed by atoms with Gasteiger partial charge in [0, 0.05) is 5.56 Å². The Balaban J connectivity index is 2.53. The molecule has 5 heteroatoms. The van der Waals surface area contributed by atoms with E-state index in [1.54, 1.807) is 36.4 Å². The Morgan fingerprint density at radius 3 is 2.35 bits per heavy atom. The quantitative estimate of drug-likeness (QED) is 0.565. The Bertz CT molecular complexity index is 712. The van der Waals surface area contributed by atoms with Crippen LogP contribution in [0.1, 0.15) is 11.1 Å². The molecule has 2 rings (SSSR count). The molecule has 0 aliphatic rings. The van der Waals surface area contributed by atoms with E-state index >= 15 is 0 Å². The number of hydrogen-bond acceptors (Lipinski definition) is 2. The molecule has 0 saturated heterocycles. The van der Waals surface area contributed by atoms with Gasteiger partial charge in [-0.3, -0.25) is 0 Å². The van der Waals surface area contributed by atoms with Crippen molar-refractivity contribution in [1.82, 2.24) is 0 Å². The first-order valence-corrected chi connectivity index (χ1v) is 7.16. The first kappa shape index (κ1) is 14.8. The number of aromatic hydroxyl groups is 1. The molecule has 2 aromatic carbocycles. The zero-order chi connectivity index (χ0) is 14.7. The number of rotatable bonds is 2. The topological polar surface area (TPSA) is 44.0 Å². The molecule has 0 atom stereocenters. The Hall–Kier alpha value is -1.64. The Labute approximate surface area is 132 Å². The molecule has 2 aromatic rings. The number of phenols is 1. The fourth-order valence-electron chi connectivity index (χ4n) is 1.69. The van der Waals surface area contributed by atoms with Gasteiger partial charge < -0.3 is 5.11 Å². The van der Waals surface area contributed by atoms with Crippen LogP contribution in [0.25, 0.3) is 11.6 Å². The molecule has 1 N–H and O–H groups in total. The maximum Gasteiger partial charge on any atom is 0.143 e. The second-order valence-corrected chi connectivity index (χ2v) is 5.69. The smallest absolute Gasteiger partial charge is 0.143 e. The van der Waals surface area contributed by atoms with Gasteiger partial charge in [-0.15, -0.1) is 0 Å². The van der Waals surface area contributed by atoms with E-state index in [4.69, 9.17) is 0 Å². The molecule has 100 valence electrons. The fourth-order valence-corrected chi connectivity index (χ4v) is 2.91. The first-order valence-electron chi connectivity index (χ1n) is 5.57. The summed E-state index contributed by atoms with van der Waals surface area (Å²) in [6.07, 6.45) is 1.56. The monoisotopic (exact) mass is 395 g/mol. The second kappa shape index (κ2) is 6.21. The van der Waals surface area contributed by atoms with Crippen molar-refractivity contribution in [2.75, 3.05) is 0 Å². The number of nitriles is 1. The van der Waals surface area contributed by atoms with Crippen LogP contribution in [0, 0.1) is 17.1 Å². The van der Waals surface area contributed by atoms with Crippen molar-refractivity contribution < 1.29 is 9.50 Å². The highest BCUT2D eigenvalue weighted by molar-refractivity contribution is 9.11. The van der Waals surface area contributed by atoms with Gasteiger partial charge in [-0.25, -0.2) is 4.39 Å². The third-order valence-corrected chi connectivity index (χ3v) is 3.84. The average molecular weight is 397 g/mol.